The minimum atomic E-state index is -3.31. The van der Waals surface area contributed by atoms with Crippen LogP contribution >= 0.6 is 15.9 Å². The van der Waals surface area contributed by atoms with Crippen LogP contribution in [0.1, 0.15) is 10.4 Å². The van der Waals surface area contributed by atoms with Crippen molar-refractivity contribution in [1.82, 2.24) is 14.5 Å². The molecule has 1 saturated heterocycles. The van der Waals surface area contributed by atoms with Crippen LogP contribution in [-0.4, -0.2) is 69.1 Å². The SMILES string of the molecule is CN1CCN(S(=O)(=O)CCNC(=O)c2ccccc2Br)CC1. The maximum atomic E-state index is 12.2. The van der Waals surface area contributed by atoms with Gasteiger partial charge in [0.15, 0.2) is 0 Å². The first kappa shape index (κ1) is 17.4. The summed E-state index contributed by atoms with van der Waals surface area (Å²) in [5.41, 5.74) is 0.500. The summed E-state index contributed by atoms with van der Waals surface area (Å²) in [6.45, 7) is 2.61. The van der Waals surface area contributed by atoms with Gasteiger partial charge in [0.2, 0.25) is 10.0 Å². The lowest BCUT2D eigenvalue weighted by molar-refractivity contribution is 0.0955. The third-order valence-electron chi connectivity index (χ3n) is 3.62. The Morgan fingerprint density at radius 1 is 1.23 bits per heavy atom. The minimum absolute atomic E-state index is 0.0765. The zero-order chi connectivity index (χ0) is 16.2. The minimum Gasteiger partial charge on any atom is -0.351 e. The predicted molar refractivity (Wildman–Crippen MR) is 89.3 cm³/mol. The number of amides is 1. The van der Waals surface area contributed by atoms with E-state index in [4.69, 9.17) is 0 Å². The monoisotopic (exact) mass is 389 g/mol. The lowest BCUT2D eigenvalue weighted by atomic mass is 10.2. The molecule has 0 unspecified atom stereocenters. The summed E-state index contributed by atoms with van der Waals surface area (Å²) < 4.78 is 26.6. The molecule has 0 aromatic heterocycles. The number of nitrogens with one attached hydrogen (secondary N) is 1. The first-order chi connectivity index (χ1) is 10.4. The summed E-state index contributed by atoms with van der Waals surface area (Å²) in [5, 5.41) is 2.66. The summed E-state index contributed by atoms with van der Waals surface area (Å²) in [6, 6.07) is 7.05. The van der Waals surface area contributed by atoms with E-state index in [-0.39, 0.29) is 18.2 Å². The van der Waals surface area contributed by atoms with E-state index in [1.807, 2.05) is 13.1 Å². The number of benzene rings is 1. The second-order valence-electron chi connectivity index (χ2n) is 5.25. The molecule has 1 aromatic carbocycles. The highest BCUT2D eigenvalue weighted by Crippen LogP contribution is 2.15. The number of carbonyl (C=O) groups is 1. The van der Waals surface area contributed by atoms with Crippen LogP contribution in [0.4, 0.5) is 0 Å². The van der Waals surface area contributed by atoms with Crippen LogP contribution in [-0.2, 0) is 10.0 Å². The maximum absolute atomic E-state index is 12.2. The van der Waals surface area contributed by atoms with Crippen molar-refractivity contribution in [2.45, 2.75) is 0 Å². The van der Waals surface area contributed by atoms with Gasteiger partial charge in [-0.1, -0.05) is 12.1 Å². The third kappa shape index (κ3) is 4.52. The van der Waals surface area contributed by atoms with Crippen LogP contribution in [0.5, 0.6) is 0 Å². The number of halogens is 1. The number of carbonyl (C=O) groups excluding carboxylic acids is 1. The van der Waals surface area contributed by atoms with Crippen LogP contribution in [0.15, 0.2) is 28.7 Å². The van der Waals surface area contributed by atoms with E-state index >= 15 is 0 Å². The summed E-state index contributed by atoms with van der Waals surface area (Å²) in [7, 11) is -1.34. The highest BCUT2D eigenvalue weighted by atomic mass is 79.9. The lowest BCUT2D eigenvalue weighted by Gasteiger charge is -2.31. The number of rotatable bonds is 5. The van der Waals surface area contributed by atoms with Crippen LogP contribution in [0.3, 0.4) is 0 Å². The Labute approximate surface area is 139 Å². The van der Waals surface area contributed by atoms with E-state index < -0.39 is 10.0 Å². The Bertz CT molecular complexity index is 628. The molecular formula is C14H20BrN3O3S. The van der Waals surface area contributed by atoms with Gasteiger partial charge in [0.1, 0.15) is 0 Å². The number of hydrogen-bond donors (Lipinski definition) is 1. The molecule has 1 aliphatic rings. The van der Waals surface area contributed by atoms with E-state index in [2.05, 4.69) is 26.1 Å². The molecule has 0 bridgehead atoms. The molecule has 22 heavy (non-hydrogen) atoms. The van der Waals surface area contributed by atoms with Gasteiger partial charge in [-0.15, -0.1) is 0 Å². The van der Waals surface area contributed by atoms with Crippen LogP contribution in [0, 0.1) is 0 Å². The van der Waals surface area contributed by atoms with Gasteiger partial charge in [-0.05, 0) is 35.1 Å². The highest BCUT2D eigenvalue weighted by Gasteiger charge is 2.25. The average molecular weight is 390 g/mol. The molecule has 0 aliphatic carbocycles. The first-order valence-corrected chi connectivity index (χ1v) is 9.49. The van der Waals surface area contributed by atoms with Crippen molar-refractivity contribution in [3.8, 4) is 0 Å². The van der Waals surface area contributed by atoms with Gasteiger partial charge in [-0.25, -0.2) is 8.42 Å². The highest BCUT2D eigenvalue weighted by molar-refractivity contribution is 9.10. The quantitative estimate of drug-likeness (QED) is 0.806. The third-order valence-corrected chi connectivity index (χ3v) is 6.18. The number of sulfonamides is 1. The Balaban J connectivity index is 1.85. The molecule has 2 rings (SSSR count). The Morgan fingerprint density at radius 3 is 2.50 bits per heavy atom. The summed E-state index contributed by atoms with van der Waals surface area (Å²) in [6.07, 6.45) is 0. The van der Waals surface area contributed by atoms with Crippen molar-refractivity contribution < 1.29 is 13.2 Å². The number of likely N-dealkylation sites (N-methyl/N-ethyl adjacent to an activating group) is 1. The van der Waals surface area contributed by atoms with Crippen LogP contribution in [0.25, 0.3) is 0 Å². The van der Waals surface area contributed by atoms with Crippen LogP contribution in [0.2, 0.25) is 0 Å². The Hall–Kier alpha value is -0.960. The molecule has 1 aliphatic heterocycles. The van der Waals surface area contributed by atoms with Gasteiger partial charge in [0.05, 0.1) is 11.3 Å². The molecule has 0 atom stereocenters. The molecular weight excluding hydrogens is 370 g/mol. The zero-order valence-corrected chi connectivity index (χ0v) is 14.9. The zero-order valence-electron chi connectivity index (χ0n) is 12.5. The topological polar surface area (TPSA) is 69.7 Å². The van der Waals surface area contributed by atoms with E-state index in [0.717, 1.165) is 13.1 Å². The number of piperazine rings is 1. The molecule has 0 spiro atoms. The van der Waals surface area contributed by atoms with Crippen molar-refractivity contribution in [3.63, 3.8) is 0 Å². The number of hydrogen-bond acceptors (Lipinski definition) is 4. The molecule has 1 amide bonds. The average Bonchev–Trinajstić information content (AvgIpc) is 2.48. The Morgan fingerprint density at radius 2 is 1.86 bits per heavy atom. The fourth-order valence-corrected chi connectivity index (χ4v) is 4.03. The molecule has 1 fully saturated rings. The smallest absolute Gasteiger partial charge is 0.252 e. The normalized spacial score (nSPS) is 17.4. The maximum Gasteiger partial charge on any atom is 0.252 e. The van der Waals surface area contributed by atoms with Crippen molar-refractivity contribution in [1.29, 1.82) is 0 Å². The standard InChI is InChI=1S/C14H20BrN3O3S/c1-17-7-9-18(10-8-17)22(20,21)11-6-16-14(19)12-4-2-3-5-13(12)15/h2-5H,6-11H2,1H3,(H,16,19). The van der Waals surface area contributed by atoms with Crippen molar-refractivity contribution >= 4 is 31.9 Å². The summed E-state index contributed by atoms with van der Waals surface area (Å²) in [5.74, 6) is -0.353. The molecule has 1 aromatic rings. The Kier molecular flexibility index (Phi) is 5.96. The van der Waals surface area contributed by atoms with Crippen molar-refractivity contribution in [2.75, 3.05) is 45.5 Å². The molecule has 1 N–H and O–H groups in total. The second-order valence-corrected chi connectivity index (χ2v) is 8.20. The lowest BCUT2D eigenvalue weighted by Crippen LogP contribution is -2.48. The van der Waals surface area contributed by atoms with Gasteiger partial charge in [0.25, 0.3) is 5.91 Å². The fraction of sp³-hybridized carbons (Fsp3) is 0.500. The van der Waals surface area contributed by atoms with Gasteiger partial charge >= 0.3 is 0 Å². The van der Waals surface area contributed by atoms with Gasteiger partial charge in [-0.3, -0.25) is 4.79 Å². The second kappa shape index (κ2) is 7.54. The first-order valence-electron chi connectivity index (χ1n) is 7.09. The largest absolute Gasteiger partial charge is 0.351 e. The van der Waals surface area contributed by atoms with E-state index in [1.165, 1.54) is 4.31 Å². The summed E-state index contributed by atoms with van der Waals surface area (Å²) in [4.78, 5) is 14.1. The van der Waals surface area contributed by atoms with E-state index in [1.54, 1.807) is 18.2 Å². The van der Waals surface area contributed by atoms with Crippen LogP contribution < -0.4 is 5.32 Å². The fourth-order valence-electron chi connectivity index (χ4n) is 2.23. The molecule has 0 radical (unpaired) electrons. The molecule has 1 heterocycles. The van der Waals surface area contributed by atoms with Gasteiger partial charge < -0.3 is 10.2 Å². The van der Waals surface area contributed by atoms with Gasteiger partial charge in [0, 0.05) is 37.2 Å². The molecule has 6 nitrogen and oxygen atoms in total. The van der Waals surface area contributed by atoms with Gasteiger partial charge in [-0.2, -0.15) is 4.31 Å². The van der Waals surface area contributed by atoms with E-state index in [0.29, 0.717) is 23.1 Å². The van der Waals surface area contributed by atoms with E-state index in [9.17, 15) is 13.2 Å². The van der Waals surface area contributed by atoms with Crippen molar-refractivity contribution in [2.24, 2.45) is 0 Å². The molecule has 0 saturated carbocycles. The number of nitrogens with zero attached hydrogens (tertiary/aromatic N) is 2. The molecule has 8 heteroatoms. The molecule has 122 valence electrons. The summed E-state index contributed by atoms with van der Waals surface area (Å²) >= 11 is 3.30. The predicted octanol–water partition coefficient (Wildman–Crippen LogP) is 0.756. The van der Waals surface area contributed by atoms with Crippen molar-refractivity contribution in [3.05, 3.63) is 34.3 Å².